The van der Waals surface area contributed by atoms with Crippen molar-refractivity contribution in [2.45, 2.75) is 51.1 Å². The quantitative estimate of drug-likeness (QED) is 0.908. The molecule has 3 unspecified atom stereocenters. The molecule has 0 saturated carbocycles. The lowest BCUT2D eigenvalue weighted by atomic mass is 9.96. The molecular weight excluding hydrogens is 288 g/mol. The van der Waals surface area contributed by atoms with Crippen LogP contribution in [-0.2, 0) is 11.2 Å². The SMILES string of the molecule is COc1ccccc1CC(C)CC(=O)N1C2CCNCC1CC2. The summed E-state index contributed by atoms with van der Waals surface area (Å²) in [4.78, 5) is 15.0. The number of carbonyl (C=O) groups excluding carboxylic acids is 1. The summed E-state index contributed by atoms with van der Waals surface area (Å²) in [6.07, 6.45) is 4.95. The summed E-state index contributed by atoms with van der Waals surface area (Å²) < 4.78 is 5.42. The van der Waals surface area contributed by atoms with Crippen LogP contribution in [0, 0.1) is 5.92 Å². The molecule has 0 spiro atoms. The van der Waals surface area contributed by atoms with Gasteiger partial charge in [0.15, 0.2) is 0 Å². The second kappa shape index (κ2) is 7.35. The van der Waals surface area contributed by atoms with Crippen molar-refractivity contribution in [3.63, 3.8) is 0 Å². The molecule has 2 aliphatic heterocycles. The third kappa shape index (κ3) is 3.69. The molecule has 4 nitrogen and oxygen atoms in total. The van der Waals surface area contributed by atoms with E-state index in [0.29, 0.717) is 30.3 Å². The Kier molecular flexibility index (Phi) is 5.21. The minimum absolute atomic E-state index is 0.328. The molecule has 2 fully saturated rings. The van der Waals surface area contributed by atoms with Gasteiger partial charge >= 0.3 is 0 Å². The van der Waals surface area contributed by atoms with E-state index in [4.69, 9.17) is 4.74 Å². The molecule has 0 aliphatic carbocycles. The maximum Gasteiger partial charge on any atom is 0.223 e. The van der Waals surface area contributed by atoms with Crippen molar-refractivity contribution in [1.29, 1.82) is 0 Å². The number of nitrogens with zero attached hydrogens (tertiary/aromatic N) is 1. The van der Waals surface area contributed by atoms with Crippen molar-refractivity contribution >= 4 is 5.91 Å². The van der Waals surface area contributed by atoms with E-state index >= 15 is 0 Å². The predicted molar refractivity (Wildman–Crippen MR) is 91.6 cm³/mol. The Morgan fingerprint density at radius 3 is 2.91 bits per heavy atom. The fourth-order valence-electron chi connectivity index (χ4n) is 4.11. The molecule has 0 aromatic heterocycles. The first-order valence-electron chi connectivity index (χ1n) is 8.82. The van der Waals surface area contributed by atoms with Gasteiger partial charge in [-0.05, 0) is 49.8 Å². The van der Waals surface area contributed by atoms with Gasteiger partial charge in [-0.3, -0.25) is 4.79 Å². The van der Waals surface area contributed by atoms with Crippen LogP contribution in [0.5, 0.6) is 5.75 Å². The van der Waals surface area contributed by atoms with Gasteiger partial charge in [0.1, 0.15) is 5.75 Å². The number of nitrogens with one attached hydrogen (secondary N) is 1. The van der Waals surface area contributed by atoms with Crippen LogP contribution in [-0.4, -0.2) is 43.1 Å². The lowest BCUT2D eigenvalue weighted by Crippen LogP contribution is -2.43. The molecule has 2 bridgehead atoms. The third-order valence-corrected chi connectivity index (χ3v) is 5.23. The number of benzene rings is 1. The summed E-state index contributed by atoms with van der Waals surface area (Å²) in [5, 5.41) is 3.46. The maximum absolute atomic E-state index is 12.8. The molecule has 2 aliphatic rings. The zero-order valence-corrected chi connectivity index (χ0v) is 14.3. The second-order valence-corrected chi connectivity index (χ2v) is 7.00. The summed E-state index contributed by atoms with van der Waals surface area (Å²) in [5.41, 5.74) is 1.19. The van der Waals surface area contributed by atoms with E-state index in [0.717, 1.165) is 38.1 Å². The van der Waals surface area contributed by atoms with Crippen molar-refractivity contribution in [1.82, 2.24) is 10.2 Å². The van der Waals surface area contributed by atoms with E-state index in [1.54, 1.807) is 7.11 Å². The maximum atomic E-state index is 12.8. The molecule has 1 aromatic carbocycles. The smallest absolute Gasteiger partial charge is 0.223 e. The largest absolute Gasteiger partial charge is 0.496 e. The molecule has 1 N–H and O–H groups in total. The van der Waals surface area contributed by atoms with Crippen molar-refractivity contribution in [3.8, 4) is 5.75 Å². The molecule has 4 heteroatoms. The highest BCUT2D eigenvalue weighted by Gasteiger charge is 2.37. The van der Waals surface area contributed by atoms with Crippen LogP contribution in [0.4, 0.5) is 0 Å². The fourth-order valence-corrected chi connectivity index (χ4v) is 4.11. The number of rotatable bonds is 5. The molecule has 3 atom stereocenters. The van der Waals surface area contributed by atoms with Crippen LogP contribution in [0.15, 0.2) is 24.3 Å². The van der Waals surface area contributed by atoms with Crippen LogP contribution in [0.3, 0.4) is 0 Å². The Labute approximate surface area is 139 Å². The number of carbonyl (C=O) groups is 1. The first-order chi connectivity index (χ1) is 11.2. The van der Waals surface area contributed by atoms with Crippen LogP contribution in [0.2, 0.25) is 0 Å². The molecule has 126 valence electrons. The van der Waals surface area contributed by atoms with Gasteiger partial charge < -0.3 is 15.0 Å². The Bertz CT molecular complexity index is 532. The van der Waals surface area contributed by atoms with Crippen LogP contribution in [0.1, 0.15) is 38.2 Å². The molecule has 2 heterocycles. The third-order valence-electron chi connectivity index (χ3n) is 5.23. The average molecular weight is 316 g/mol. The summed E-state index contributed by atoms with van der Waals surface area (Å²) in [6, 6.07) is 8.98. The standard InChI is InChI=1S/C19H28N2O2/c1-14(11-15-5-3-4-6-18(15)23-2)12-19(22)21-16-7-8-17(21)13-20-10-9-16/h3-6,14,16-17,20H,7-13H2,1-2H3. The molecule has 2 saturated heterocycles. The lowest BCUT2D eigenvalue weighted by Gasteiger charge is -2.29. The summed E-state index contributed by atoms with van der Waals surface area (Å²) in [7, 11) is 1.70. The molecule has 1 amide bonds. The Balaban J connectivity index is 1.61. The zero-order valence-electron chi connectivity index (χ0n) is 14.3. The minimum Gasteiger partial charge on any atom is -0.496 e. The Morgan fingerprint density at radius 2 is 2.09 bits per heavy atom. The van der Waals surface area contributed by atoms with Gasteiger partial charge in [-0.2, -0.15) is 0 Å². The van der Waals surface area contributed by atoms with E-state index in [-0.39, 0.29) is 0 Å². The van der Waals surface area contributed by atoms with E-state index in [1.807, 2.05) is 18.2 Å². The fraction of sp³-hybridized carbons (Fsp3) is 0.632. The van der Waals surface area contributed by atoms with E-state index in [2.05, 4.69) is 23.2 Å². The van der Waals surface area contributed by atoms with Crippen LogP contribution < -0.4 is 10.1 Å². The number of para-hydroxylation sites is 1. The lowest BCUT2D eigenvalue weighted by molar-refractivity contribution is -0.134. The highest BCUT2D eigenvalue weighted by Crippen LogP contribution is 2.30. The van der Waals surface area contributed by atoms with Gasteiger partial charge in [-0.25, -0.2) is 0 Å². The monoisotopic (exact) mass is 316 g/mol. The normalized spacial score (nSPS) is 25.0. The van der Waals surface area contributed by atoms with Crippen molar-refractivity contribution < 1.29 is 9.53 Å². The Hall–Kier alpha value is -1.55. The summed E-state index contributed by atoms with van der Waals surface area (Å²) >= 11 is 0. The van der Waals surface area contributed by atoms with Crippen molar-refractivity contribution in [2.75, 3.05) is 20.2 Å². The highest BCUT2D eigenvalue weighted by molar-refractivity contribution is 5.77. The Morgan fingerprint density at radius 1 is 1.30 bits per heavy atom. The molecule has 0 radical (unpaired) electrons. The van der Waals surface area contributed by atoms with Gasteiger partial charge in [-0.1, -0.05) is 25.1 Å². The average Bonchev–Trinajstić information content (AvgIpc) is 2.80. The number of hydrogen-bond acceptors (Lipinski definition) is 3. The first-order valence-corrected chi connectivity index (χ1v) is 8.82. The predicted octanol–water partition coefficient (Wildman–Crippen LogP) is 2.62. The van der Waals surface area contributed by atoms with Crippen molar-refractivity contribution in [2.24, 2.45) is 5.92 Å². The van der Waals surface area contributed by atoms with E-state index in [1.165, 1.54) is 12.0 Å². The number of fused-ring (bicyclic) bond motifs is 2. The number of amides is 1. The molecular formula is C19H28N2O2. The van der Waals surface area contributed by atoms with Gasteiger partial charge in [-0.15, -0.1) is 0 Å². The van der Waals surface area contributed by atoms with Gasteiger partial charge in [0, 0.05) is 25.0 Å². The molecule has 3 rings (SSSR count). The van der Waals surface area contributed by atoms with Gasteiger partial charge in [0.05, 0.1) is 7.11 Å². The van der Waals surface area contributed by atoms with Crippen LogP contribution in [0.25, 0.3) is 0 Å². The van der Waals surface area contributed by atoms with Crippen LogP contribution >= 0.6 is 0 Å². The van der Waals surface area contributed by atoms with E-state index in [9.17, 15) is 4.79 Å². The summed E-state index contributed by atoms with van der Waals surface area (Å²) in [5.74, 6) is 1.59. The van der Waals surface area contributed by atoms with E-state index < -0.39 is 0 Å². The molecule has 23 heavy (non-hydrogen) atoms. The number of methoxy groups -OCH3 is 1. The first kappa shape index (κ1) is 16.3. The number of ether oxygens (including phenoxy) is 1. The number of hydrogen-bond donors (Lipinski definition) is 1. The highest BCUT2D eigenvalue weighted by atomic mass is 16.5. The zero-order chi connectivity index (χ0) is 16.2. The van der Waals surface area contributed by atoms with Gasteiger partial charge in [0.2, 0.25) is 5.91 Å². The topological polar surface area (TPSA) is 41.6 Å². The summed E-state index contributed by atoms with van der Waals surface area (Å²) in [6.45, 7) is 4.17. The second-order valence-electron chi connectivity index (χ2n) is 7.00. The van der Waals surface area contributed by atoms with Gasteiger partial charge in [0.25, 0.3) is 0 Å². The van der Waals surface area contributed by atoms with Crippen molar-refractivity contribution in [3.05, 3.63) is 29.8 Å². The minimum atomic E-state index is 0.328. The molecule has 1 aromatic rings.